The van der Waals surface area contributed by atoms with Crippen LogP contribution in [0.15, 0.2) is 78.9 Å². The first-order valence-electron chi connectivity index (χ1n) is 9.27. The van der Waals surface area contributed by atoms with Crippen LogP contribution in [0.3, 0.4) is 0 Å². The Morgan fingerprint density at radius 3 is 2.48 bits per heavy atom. The van der Waals surface area contributed by atoms with E-state index in [-0.39, 0.29) is 18.1 Å². The molecular weight excluding hydrogens is 401 g/mol. The summed E-state index contributed by atoms with van der Waals surface area (Å²) in [6, 6.07) is 18.2. The van der Waals surface area contributed by atoms with Gasteiger partial charge in [-0.3, -0.25) is 19.7 Å². The number of rotatable bonds is 7. The van der Waals surface area contributed by atoms with Gasteiger partial charge in [0, 0.05) is 29.9 Å². The van der Waals surface area contributed by atoms with Crippen molar-refractivity contribution in [1.82, 2.24) is 5.32 Å². The Labute approximate surface area is 177 Å². The highest BCUT2D eigenvalue weighted by Gasteiger charge is 2.10. The maximum absolute atomic E-state index is 13.0. The predicted octanol–water partition coefficient (Wildman–Crippen LogP) is 4.32. The minimum atomic E-state index is -0.511. The van der Waals surface area contributed by atoms with E-state index in [0.29, 0.717) is 16.8 Å². The van der Waals surface area contributed by atoms with E-state index in [2.05, 4.69) is 10.6 Å². The van der Waals surface area contributed by atoms with Crippen LogP contribution in [-0.4, -0.2) is 16.7 Å². The number of halogens is 1. The second kappa shape index (κ2) is 9.93. The van der Waals surface area contributed by atoms with Crippen molar-refractivity contribution in [2.24, 2.45) is 0 Å². The molecule has 0 aliphatic rings. The lowest BCUT2D eigenvalue weighted by atomic mass is 10.1. The fraction of sp³-hybridized carbons (Fsp3) is 0.0435. The molecule has 2 amide bonds. The summed E-state index contributed by atoms with van der Waals surface area (Å²) in [7, 11) is 0. The number of carbonyl (C=O) groups is 2. The molecule has 0 bridgehead atoms. The molecule has 2 N–H and O–H groups in total. The van der Waals surface area contributed by atoms with Crippen molar-refractivity contribution < 1.29 is 18.9 Å². The molecule has 156 valence electrons. The average molecular weight is 419 g/mol. The summed E-state index contributed by atoms with van der Waals surface area (Å²) in [6.07, 6.45) is 2.61. The number of nitrogens with one attached hydrogen (secondary N) is 2. The molecule has 31 heavy (non-hydrogen) atoms. The molecule has 0 fully saturated rings. The van der Waals surface area contributed by atoms with Gasteiger partial charge >= 0.3 is 0 Å². The molecule has 0 saturated carbocycles. The maximum Gasteiger partial charge on any atom is 0.276 e. The topological polar surface area (TPSA) is 101 Å². The van der Waals surface area contributed by atoms with Crippen LogP contribution in [0.25, 0.3) is 6.08 Å². The molecule has 3 aromatic carbocycles. The number of carbonyl (C=O) groups excluding carboxylic acids is 2. The zero-order chi connectivity index (χ0) is 22.2. The van der Waals surface area contributed by atoms with Gasteiger partial charge in [-0.1, -0.05) is 24.3 Å². The standard InChI is InChI=1S/C23H18FN3O4/c24-19-11-8-18(9-12-19)23(29)26-20-6-3-4-16(14-20)15-25-22(28)13-10-17-5-1-2-7-21(17)27(30)31/h1-14H,15H2,(H,25,28)(H,26,29)/b13-10+. The lowest BCUT2D eigenvalue weighted by Gasteiger charge is -2.08. The lowest BCUT2D eigenvalue weighted by Crippen LogP contribution is -2.20. The minimum absolute atomic E-state index is 0.0869. The molecule has 0 aliphatic heterocycles. The number of para-hydroxylation sites is 1. The van der Waals surface area contributed by atoms with Crippen LogP contribution in [0, 0.1) is 15.9 Å². The number of benzene rings is 3. The van der Waals surface area contributed by atoms with Crippen LogP contribution < -0.4 is 10.6 Å². The van der Waals surface area contributed by atoms with E-state index in [1.165, 1.54) is 42.5 Å². The van der Waals surface area contributed by atoms with E-state index in [9.17, 15) is 24.1 Å². The Hall–Kier alpha value is -4.33. The third-order valence-corrected chi connectivity index (χ3v) is 4.31. The summed E-state index contributed by atoms with van der Waals surface area (Å²) in [5, 5.41) is 16.4. The number of nitro benzene ring substituents is 1. The fourth-order valence-corrected chi connectivity index (χ4v) is 2.77. The Balaban J connectivity index is 1.58. The van der Waals surface area contributed by atoms with Gasteiger partial charge in [0.15, 0.2) is 0 Å². The summed E-state index contributed by atoms with van der Waals surface area (Å²) in [4.78, 5) is 34.8. The molecule has 0 aromatic heterocycles. The van der Waals surface area contributed by atoms with Gasteiger partial charge in [0.05, 0.1) is 10.5 Å². The van der Waals surface area contributed by atoms with Crippen LogP contribution in [-0.2, 0) is 11.3 Å². The number of nitrogens with zero attached hydrogens (tertiary/aromatic N) is 1. The van der Waals surface area contributed by atoms with Gasteiger partial charge in [0.2, 0.25) is 5.91 Å². The first kappa shape index (κ1) is 21.4. The molecule has 0 unspecified atom stereocenters. The molecule has 0 heterocycles. The Bertz CT molecular complexity index is 1140. The average Bonchev–Trinajstić information content (AvgIpc) is 2.77. The molecule has 7 nitrogen and oxygen atoms in total. The normalized spacial score (nSPS) is 10.6. The van der Waals surface area contributed by atoms with Crippen LogP contribution in [0.5, 0.6) is 0 Å². The van der Waals surface area contributed by atoms with Crippen molar-refractivity contribution in [3.8, 4) is 0 Å². The molecular formula is C23H18FN3O4. The summed E-state index contributed by atoms with van der Waals surface area (Å²) in [5.74, 6) is -1.22. The van der Waals surface area contributed by atoms with Gasteiger partial charge in [-0.15, -0.1) is 0 Å². The first-order chi connectivity index (χ1) is 14.9. The van der Waals surface area contributed by atoms with Crippen LogP contribution >= 0.6 is 0 Å². The second-order valence-electron chi connectivity index (χ2n) is 6.53. The molecule has 0 saturated heterocycles. The van der Waals surface area contributed by atoms with Crippen LogP contribution in [0.2, 0.25) is 0 Å². The van der Waals surface area contributed by atoms with Gasteiger partial charge in [-0.2, -0.15) is 0 Å². The number of hydrogen-bond donors (Lipinski definition) is 2. The van der Waals surface area contributed by atoms with Crippen molar-refractivity contribution in [1.29, 1.82) is 0 Å². The van der Waals surface area contributed by atoms with Crippen molar-refractivity contribution >= 4 is 29.3 Å². The van der Waals surface area contributed by atoms with Gasteiger partial charge in [-0.25, -0.2) is 4.39 Å². The summed E-state index contributed by atoms with van der Waals surface area (Å²) in [6.45, 7) is 0.195. The van der Waals surface area contributed by atoms with E-state index in [0.717, 1.165) is 5.56 Å². The predicted molar refractivity (Wildman–Crippen MR) is 115 cm³/mol. The highest BCUT2D eigenvalue weighted by Crippen LogP contribution is 2.19. The smallest absolute Gasteiger partial charge is 0.276 e. The zero-order valence-corrected chi connectivity index (χ0v) is 16.2. The third kappa shape index (κ3) is 6.07. The zero-order valence-electron chi connectivity index (χ0n) is 16.2. The van der Waals surface area contributed by atoms with Crippen molar-refractivity contribution in [2.45, 2.75) is 6.54 Å². The minimum Gasteiger partial charge on any atom is -0.348 e. The summed E-state index contributed by atoms with van der Waals surface area (Å²) < 4.78 is 13.0. The summed E-state index contributed by atoms with van der Waals surface area (Å²) >= 11 is 0. The molecule has 0 atom stereocenters. The molecule has 8 heteroatoms. The molecule has 3 rings (SSSR count). The van der Waals surface area contributed by atoms with E-state index < -0.39 is 16.6 Å². The number of nitro groups is 1. The SMILES string of the molecule is O=C(/C=C/c1ccccc1[N+](=O)[O-])NCc1cccc(NC(=O)c2ccc(F)cc2)c1. The lowest BCUT2D eigenvalue weighted by molar-refractivity contribution is -0.385. The van der Waals surface area contributed by atoms with E-state index in [4.69, 9.17) is 0 Å². The van der Waals surface area contributed by atoms with E-state index >= 15 is 0 Å². The maximum atomic E-state index is 13.0. The molecule has 0 radical (unpaired) electrons. The third-order valence-electron chi connectivity index (χ3n) is 4.31. The highest BCUT2D eigenvalue weighted by atomic mass is 19.1. The van der Waals surface area contributed by atoms with Crippen molar-refractivity contribution in [3.05, 3.63) is 111 Å². The summed E-state index contributed by atoms with van der Waals surface area (Å²) in [5.41, 5.74) is 1.82. The van der Waals surface area contributed by atoms with Crippen LogP contribution in [0.1, 0.15) is 21.5 Å². The first-order valence-corrected chi connectivity index (χ1v) is 9.27. The van der Waals surface area contributed by atoms with E-state index in [1.54, 1.807) is 42.5 Å². The molecule has 3 aromatic rings. The highest BCUT2D eigenvalue weighted by molar-refractivity contribution is 6.04. The number of anilines is 1. The fourth-order valence-electron chi connectivity index (χ4n) is 2.77. The van der Waals surface area contributed by atoms with Crippen molar-refractivity contribution in [2.75, 3.05) is 5.32 Å². The molecule has 0 spiro atoms. The Morgan fingerprint density at radius 2 is 1.74 bits per heavy atom. The Morgan fingerprint density at radius 1 is 1.00 bits per heavy atom. The monoisotopic (exact) mass is 419 g/mol. The van der Waals surface area contributed by atoms with E-state index in [1.807, 2.05) is 0 Å². The van der Waals surface area contributed by atoms with Gasteiger partial charge < -0.3 is 10.6 Å². The quantitative estimate of drug-likeness (QED) is 0.338. The second-order valence-corrected chi connectivity index (χ2v) is 6.53. The van der Waals surface area contributed by atoms with Gasteiger partial charge in [0.1, 0.15) is 5.82 Å². The van der Waals surface area contributed by atoms with Gasteiger partial charge in [-0.05, 0) is 54.1 Å². The number of amides is 2. The van der Waals surface area contributed by atoms with Crippen molar-refractivity contribution in [3.63, 3.8) is 0 Å². The Kier molecular flexibility index (Phi) is 6.85. The largest absolute Gasteiger partial charge is 0.348 e. The number of hydrogen-bond acceptors (Lipinski definition) is 4. The molecule has 0 aliphatic carbocycles. The van der Waals surface area contributed by atoms with Gasteiger partial charge in [0.25, 0.3) is 11.6 Å². The van der Waals surface area contributed by atoms with Crippen LogP contribution in [0.4, 0.5) is 15.8 Å².